The maximum atomic E-state index is 12.7. The third-order valence-corrected chi connectivity index (χ3v) is 4.58. The summed E-state index contributed by atoms with van der Waals surface area (Å²) in [6.45, 7) is 2.07. The van der Waals surface area contributed by atoms with Gasteiger partial charge in [0, 0.05) is 28.8 Å². The molecule has 5 nitrogen and oxygen atoms in total. The minimum absolute atomic E-state index is 0.103. The van der Waals surface area contributed by atoms with Gasteiger partial charge in [-0.15, -0.1) is 0 Å². The summed E-state index contributed by atoms with van der Waals surface area (Å²) in [6, 6.07) is 17.0. The molecule has 2 heterocycles. The lowest BCUT2D eigenvalue weighted by molar-refractivity contribution is -0.148. The summed E-state index contributed by atoms with van der Waals surface area (Å²) in [6.07, 6.45) is 0.103. The number of ether oxygens (including phenoxy) is 1. The first kappa shape index (κ1) is 16.3. The molecule has 1 N–H and O–H groups in total. The molecule has 1 atom stereocenters. The van der Waals surface area contributed by atoms with Gasteiger partial charge < -0.3 is 10.1 Å². The molecule has 1 aromatic heterocycles. The first-order chi connectivity index (χ1) is 12.6. The fourth-order valence-electron chi connectivity index (χ4n) is 3.39. The number of rotatable bonds is 3. The van der Waals surface area contributed by atoms with Crippen molar-refractivity contribution >= 4 is 28.5 Å². The van der Waals surface area contributed by atoms with Crippen molar-refractivity contribution in [2.75, 3.05) is 5.32 Å². The van der Waals surface area contributed by atoms with Crippen LogP contribution in [0.5, 0.6) is 0 Å². The van der Waals surface area contributed by atoms with Crippen LogP contribution in [0.3, 0.4) is 0 Å². The number of carbonyl (C=O) groups excluding carboxylic acids is 2. The van der Waals surface area contributed by atoms with Crippen LogP contribution in [-0.4, -0.2) is 16.9 Å². The third kappa shape index (κ3) is 3.04. The molecular formula is C21H18N2O3. The number of para-hydroxylation sites is 2. The number of anilines is 1. The number of aromatic nitrogens is 1. The number of nitrogens with zero attached hydrogens (tertiary/aromatic N) is 1. The largest absolute Gasteiger partial charge is 0.460 e. The van der Waals surface area contributed by atoms with Crippen LogP contribution >= 0.6 is 0 Å². The van der Waals surface area contributed by atoms with Gasteiger partial charge in [-0.25, -0.2) is 0 Å². The molecule has 3 aromatic rings. The van der Waals surface area contributed by atoms with Crippen LogP contribution in [0.15, 0.2) is 54.6 Å². The van der Waals surface area contributed by atoms with Crippen LogP contribution in [0.1, 0.15) is 29.2 Å². The molecule has 5 heteroatoms. The van der Waals surface area contributed by atoms with E-state index in [1.807, 2.05) is 55.5 Å². The number of amides is 1. The fraction of sp³-hybridized carbons (Fsp3) is 0.190. The second kappa shape index (κ2) is 6.59. The van der Waals surface area contributed by atoms with Gasteiger partial charge in [0.1, 0.15) is 6.61 Å². The molecule has 1 aliphatic rings. The van der Waals surface area contributed by atoms with Gasteiger partial charge in [-0.2, -0.15) is 0 Å². The Morgan fingerprint density at radius 2 is 1.96 bits per heavy atom. The van der Waals surface area contributed by atoms with E-state index in [-0.39, 0.29) is 24.9 Å². The Labute approximate surface area is 151 Å². The maximum Gasteiger partial charge on any atom is 0.314 e. The molecule has 0 saturated carbocycles. The molecule has 0 fully saturated rings. The first-order valence-electron chi connectivity index (χ1n) is 8.52. The lowest BCUT2D eigenvalue weighted by Crippen LogP contribution is -2.28. The molecule has 26 heavy (non-hydrogen) atoms. The number of hydrogen-bond acceptors (Lipinski definition) is 4. The summed E-state index contributed by atoms with van der Waals surface area (Å²) >= 11 is 0. The number of carbonyl (C=O) groups is 2. The molecule has 4 rings (SSSR count). The van der Waals surface area contributed by atoms with Crippen molar-refractivity contribution < 1.29 is 14.3 Å². The minimum Gasteiger partial charge on any atom is -0.460 e. The Bertz CT molecular complexity index is 1010. The Balaban J connectivity index is 1.58. The summed E-state index contributed by atoms with van der Waals surface area (Å²) < 4.78 is 5.59. The van der Waals surface area contributed by atoms with E-state index in [1.54, 1.807) is 6.07 Å². The summed E-state index contributed by atoms with van der Waals surface area (Å²) in [5, 5.41) is 3.76. The van der Waals surface area contributed by atoms with Crippen LogP contribution in [0.4, 0.5) is 5.69 Å². The van der Waals surface area contributed by atoms with Crippen LogP contribution in [0, 0.1) is 6.92 Å². The number of fused-ring (bicyclic) bond motifs is 2. The van der Waals surface area contributed by atoms with Gasteiger partial charge in [0.05, 0.1) is 11.4 Å². The predicted octanol–water partition coefficient (Wildman–Crippen LogP) is 3.71. The lowest BCUT2D eigenvalue weighted by Gasteiger charge is -2.24. The van der Waals surface area contributed by atoms with Crippen LogP contribution < -0.4 is 5.32 Å². The highest BCUT2D eigenvalue weighted by atomic mass is 16.5. The molecule has 130 valence electrons. The van der Waals surface area contributed by atoms with E-state index in [4.69, 9.17) is 4.74 Å². The molecule has 0 spiro atoms. The lowest BCUT2D eigenvalue weighted by atomic mass is 9.91. The van der Waals surface area contributed by atoms with E-state index in [0.717, 1.165) is 27.7 Å². The van der Waals surface area contributed by atoms with Gasteiger partial charge in [0.25, 0.3) is 0 Å². The summed E-state index contributed by atoms with van der Waals surface area (Å²) in [4.78, 5) is 29.1. The molecule has 1 aliphatic heterocycles. The van der Waals surface area contributed by atoms with Gasteiger partial charge in [-0.05, 0) is 30.7 Å². The quantitative estimate of drug-likeness (QED) is 0.734. The van der Waals surface area contributed by atoms with Crippen molar-refractivity contribution in [3.63, 3.8) is 0 Å². The molecule has 0 bridgehead atoms. The highest BCUT2D eigenvalue weighted by Crippen LogP contribution is 2.33. The van der Waals surface area contributed by atoms with E-state index in [9.17, 15) is 9.59 Å². The third-order valence-electron chi connectivity index (χ3n) is 4.58. The average molecular weight is 346 g/mol. The zero-order valence-electron chi connectivity index (χ0n) is 14.4. The van der Waals surface area contributed by atoms with Crippen molar-refractivity contribution in [2.45, 2.75) is 25.9 Å². The van der Waals surface area contributed by atoms with Crippen LogP contribution in [0.2, 0.25) is 0 Å². The van der Waals surface area contributed by atoms with E-state index in [2.05, 4.69) is 10.3 Å². The van der Waals surface area contributed by atoms with Crippen molar-refractivity contribution in [1.82, 2.24) is 4.98 Å². The second-order valence-corrected chi connectivity index (χ2v) is 6.44. The van der Waals surface area contributed by atoms with Gasteiger partial charge in [-0.3, -0.25) is 14.6 Å². The van der Waals surface area contributed by atoms with E-state index in [1.165, 1.54) is 0 Å². The SMILES string of the molecule is Cc1cc(COC(=O)[C@@H]2CC(=O)Nc3ccccc32)c2ccccc2n1. The van der Waals surface area contributed by atoms with Crippen molar-refractivity contribution in [3.05, 3.63) is 71.4 Å². The highest BCUT2D eigenvalue weighted by Gasteiger charge is 2.31. The Morgan fingerprint density at radius 1 is 1.19 bits per heavy atom. The van der Waals surface area contributed by atoms with Crippen LogP contribution in [-0.2, 0) is 20.9 Å². The molecular weight excluding hydrogens is 328 g/mol. The smallest absolute Gasteiger partial charge is 0.314 e. The zero-order valence-corrected chi connectivity index (χ0v) is 14.4. The second-order valence-electron chi connectivity index (χ2n) is 6.44. The molecule has 0 saturated heterocycles. The van der Waals surface area contributed by atoms with Gasteiger partial charge in [-0.1, -0.05) is 36.4 Å². The van der Waals surface area contributed by atoms with Gasteiger partial charge in [0.2, 0.25) is 5.91 Å². The standard InChI is InChI=1S/C21H18N2O3/c1-13-10-14(15-6-2-4-8-18(15)22-13)12-26-21(25)17-11-20(24)23-19-9-5-3-7-16(17)19/h2-10,17H,11-12H2,1H3,(H,23,24)/t17-/m1/s1. The molecule has 0 radical (unpaired) electrons. The number of aryl methyl sites for hydroxylation is 1. The molecule has 0 unspecified atom stereocenters. The van der Waals surface area contributed by atoms with Crippen molar-refractivity contribution in [3.8, 4) is 0 Å². The molecule has 0 aliphatic carbocycles. The molecule has 1 amide bonds. The highest BCUT2D eigenvalue weighted by molar-refractivity contribution is 6.00. The van der Waals surface area contributed by atoms with Gasteiger partial charge in [0.15, 0.2) is 0 Å². The van der Waals surface area contributed by atoms with E-state index >= 15 is 0 Å². The fourth-order valence-corrected chi connectivity index (χ4v) is 3.39. The maximum absolute atomic E-state index is 12.7. The monoisotopic (exact) mass is 346 g/mol. The van der Waals surface area contributed by atoms with Crippen molar-refractivity contribution in [2.24, 2.45) is 0 Å². The topological polar surface area (TPSA) is 68.3 Å². The summed E-state index contributed by atoms with van der Waals surface area (Å²) in [5.41, 5.74) is 4.14. The van der Waals surface area contributed by atoms with Crippen LogP contribution in [0.25, 0.3) is 10.9 Å². The van der Waals surface area contributed by atoms with Gasteiger partial charge >= 0.3 is 5.97 Å². The normalized spacial score (nSPS) is 16.0. The number of esters is 1. The predicted molar refractivity (Wildman–Crippen MR) is 98.7 cm³/mol. The molecule has 2 aromatic carbocycles. The minimum atomic E-state index is -0.575. The zero-order chi connectivity index (χ0) is 18.1. The van der Waals surface area contributed by atoms with Crippen molar-refractivity contribution in [1.29, 1.82) is 0 Å². The Hall–Kier alpha value is -3.21. The number of pyridine rings is 1. The summed E-state index contributed by atoms with van der Waals surface area (Å²) in [7, 11) is 0. The number of hydrogen-bond donors (Lipinski definition) is 1. The Morgan fingerprint density at radius 3 is 2.85 bits per heavy atom. The number of benzene rings is 2. The average Bonchev–Trinajstić information content (AvgIpc) is 2.65. The van der Waals surface area contributed by atoms with E-state index < -0.39 is 5.92 Å². The summed E-state index contributed by atoms with van der Waals surface area (Å²) in [5.74, 6) is -1.13. The number of nitrogens with one attached hydrogen (secondary N) is 1. The Kier molecular flexibility index (Phi) is 4.13. The first-order valence-corrected chi connectivity index (χ1v) is 8.52. The van der Waals surface area contributed by atoms with E-state index in [0.29, 0.717) is 5.69 Å².